The van der Waals surface area contributed by atoms with Gasteiger partial charge in [0.1, 0.15) is 11.9 Å². The van der Waals surface area contributed by atoms with Crippen molar-refractivity contribution in [2.45, 2.75) is 38.0 Å². The van der Waals surface area contributed by atoms with E-state index < -0.39 is 12.1 Å². The summed E-state index contributed by atoms with van der Waals surface area (Å²) >= 11 is 0. The molecule has 19 heavy (non-hydrogen) atoms. The largest absolute Gasteiger partial charge is 0.490 e. The fourth-order valence-corrected chi connectivity index (χ4v) is 2.19. The molecule has 0 saturated heterocycles. The zero-order valence-electron chi connectivity index (χ0n) is 10.6. The van der Waals surface area contributed by atoms with Gasteiger partial charge in [-0.3, -0.25) is 0 Å². The Hall–Kier alpha value is -1.84. The van der Waals surface area contributed by atoms with Crippen LogP contribution in [0.25, 0.3) is 6.08 Å². The van der Waals surface area contributed by atoms with Crippen LogP contribution >= 0.6 is 0 Å². The topological polar surface area (TPSA) is 46.5 Å². The van der Waals surface area contributed by atoms with Gasteiger partial charge >= 0.3 is 5.97 Å². The van der Waals surface area contributed by atoms with Crippen molar-refractivity contribution in [2.75, 3.05) is 0 Å². The summed E-state index contributed by atoms with van der Waals surface area (Å²) in [5.74, 6) is -0.276. The molecule has 1 aromatic carbocycles. The zero-order valence-corrected chi connectivity index (χ0v) is 10.6. The number of halogens is 1. The van der Waals surface area contributed by atoms with Gasteiger partial charge in [0, 0.05) is 6.08 Å². The van der Waals surface area contributed by atoms with Crippen LogP contribution in [-0.2, 0) is 4.79 Å². The van der Waals surface area contributed by atoms with Crippen LogP contribution in [0.4, 0.5) is 4.39 Å². The van der Waals surface area contributed by atoms with E-state index in [1.165, 1.54) is 6.08 Å². The lowest BCUT2D eigenvalue weighted by Gasteiger charge is -2.25. The second-order valence-corrected chi connectivity index (χ2v) is 4.74. The number of ether oxygens (including phenoxy) is 1. The molecule has 1 aliphatic carbocycles. The molecular formula is C15H17FO3. The highest BCUT2D eigenvalue weighted by Gasteiger charge is 2.21. The molecule has 1 aromatic rings. The molecule has 1 fully saturated rings. The molecular weight excluding hydrogens is 247 g/mol. The molecule has 0 unspecified atom stereocenters. The van der Waals surface area contributed by atoms with Crippen molar-refractivity contribution in [1.82, 2.24) is 0 Å². The molecule has 0 heterocycles. The fraction of sp³-hybridized carbons (Fsp3) is 0.400. The second-order valence-electron chi connectivity index (χ2n) is 4.74. The quantitative estimate of drug-likeness (QED) is 0.847. The minimum atomic E-state index is -0.979. The van der Waals surface area contributed by atoms with Crippen molar-refractivity contribution in [3.05, 3.63) is 35.9 Å². The SMILES string of the molecule is O=C(O)/C=C/c1cccc(OC2CCC(F)CC2)c1. The minimum Gasteiger partial charge on any atom is -0.490 e. The molecule has 1 saturated carbocycles. The van der Waals surface area contributed by atoms with E-state index in [4.69, 9.17) is 9.84 Å². The molecule has 1 aliphatic rings. The van der Waals surface area contributed by atoms with E-state index in [-0.39, 0.29) is 6.10 Å². The molecule has 0 atom stereocenters. The Morgan fingerprint density at radius 1 is 1.32 bits per heavy atom. The van der Waals surface area contributed by atoms with Gasteiger partial charge in [-0.1, -0.05) is 12.1 Å². The Bertz CT molecular complexity index is 462. The number of carboxylic acids is 1. The molecule has 2 rings (SSSR count). The standard InChI is InChI=1S/C15H17FO3/c16-12-5-7-13(8-6-12)19-14-3-1-2-11(10-14)4-9-15(17)18/h1-4,9-10,12-13H,5-8H2,(H,17,18)/b9-4+. The average molecular weight is 264 g/mol. The molecule has 4 heteroatoms. The summed E-state index contributed by atoms with van der Waals surface area (Å²) in [6, 6.07) is 7.25. The number of carboxylic acid groups (broad SMARTS) is 1. The Labute approximate surface area is 111 Å². The van der Waals surface area contributed by atoms with Gasteiger partial charge in [-0.2, -0.15) is 0 Å². The monoisotopic (exact) mass is 264 g/mol. The van der Waals surface area contributed by atoms with Crippen LogP contribution in [0.5, 0.6) is 5.75 Å². The summed E-state index contributed by atoms with van der Waals surface area (Å²) in [5.41, 5.74) is 0.777. The van der Waals surface area contributed by atoms with Crippen LogP contribution in [0.1, 0.15) is 31.2 Å². The van der Waals surface area contributed by atoms with Crippen molar-refractivity contribution in [2.24, 2.45) is 0 Å². The summed E-state index contributed by atoms with van der Waals surface area (Å²) in [4.78, 5) is 10.5. The van der Waals surface area contributed by atoms with Crippen molar-refractivity contribution < 1.29 is 19.0 Å². The maximum absolute atomic E-state index is 13.0. The average Bonchev–Trinajstić information content (AvgIpc) is 2.40. The fourth-order valence-electron chi connectivity index (χ4n) is 2.19. The van der Waals surface area contributed by atoms with Gasteiger partial charge in [0.25, 0.3) is 0 Å². The Morgan fingerprint density at radius 2 is 2.05 bits per heavy atom. The first-order chi connectivity index (χ1) is 9.13. The predicted octanol–water partition coefficient (Wildman–Crippen LogP) is 3.44. The van der Waals surface area contributed by atoms with Crippen LogP contribution in [-0.4, -0.2) is 23.4 Å². The number of benzene rings is 1. The molecule has 0 aliphatic heterocycles. The lowest BCUT2D eigenvalue weighted by atomic mass is 9.96. The molecule has 0 bridgehead atoms. The lowest BCUT2D eigenvalue weighted by molar-refractivity contribution is -0.131. The Balaban J connectivity index is 1.97. The number of hydrogen-bond donors (Lipinski definition) is 1. The third kappa shape index (κ3) is 4.39. The van der Waals surface area contributed by atoms with Gasteiger partial charge in [-0.05, 0) is 49.5 Å². The normalized spacial score (nSPS) is 23.4. The third-order valence-electron chi connectivity index (χ3n) is 3.18. The molecule has 0 amide bonds. The van der Waals surface area contributed by atoms with Crippen molar-refractivity contribution in [3.63, 3.8) is 0 Å². The number of hydrogen-bond acceptors (Lipinski definition) is 2. The van der Waals surface area contributed by atoms with E-state index in [0.717, 1.165) is 24.5 Å². The summed E-state index contributed by atoms with van der Waals surface area (Å²) < 4.78 is 18.8. The molecule has 0 aromatic heterocycles. The predicted molar refractivity (Wildman–Crippen MR) is 70.9 cm³/mol. The van der Waals surface area contributed by atoms with Crippen molar-refractivity contribution in [1.29, 1.82) is 0 Å². The minimum absolute atomic E-state index is 0.0608. The smallest absolute Gasteiger partial charge is 0.328 e. The number of rotatable bonds is 4. The van der Waals surface area contributed by atoms with Gasteiger partial charge in [0.05, 0.1) is 6.10 Å². The van der Waals surface area contributed by atoms with E-state index in [1.54, 1.807) is 6.07 Å². The molecule has 3 nitrogen and oxygen atoms in total. The van der Waals surface area contributed by atoms with E-state index in [2.05, 4.69) is 0 Å². The van der Waals surface area contributed by atoms with Crippen LogP contribution in [0.3, 0.4) is 0 Å². The summed E-state index contributed by atoms with van der Waals surface area (Å²) in [5, 5.41) is 8.58. The highest BCUT2D eigenvalue weighted by atomic mass is 19.1. The van der Waals surface area contributed by atoms with Gasteiger partial charge in [-0.15, -0.1) is 0 Å². The highest BCUT2D eigenvalue weighted by Crippen LogP contribution is 2.26. The summed E-state index contributed by atoms with van der Waals surface area (Å²) in [6.07, 6.45) is 4.57. The summed E-state index contributed by atoms with van der Waals surface area (Å²) in [7, 11) is 0. The Kier molecular flexibility index (Phi) is 4.55. The van der Waals surface area contributed by atoms with E-state index in [0.29, 0.717) is 18.6 Å². The number of aliphatic carboxylic acids is 1. The third-order valence-corrected chi connectivity index (χ3v) is 3.18. The molecule has 102 valence electrons. The maximum atomic E-state index is 13.0. The van der Waals surface area contributed by atoms with Crippen LogP contribution in [0.15, 0.2) is 30.3 Å². The first kappa shape index (κ1) is 13.6. The lowest BCUT2D eigenvalue weighted by Crippen LogP contribution is -2.24. The van der Waals surface area contributed by atoms with Crippen LogP contribution < -0.4 is 4.74 Å². The van der Waals surface area contributed by atoms with E-state index in [9.17, 15) is 9.18 Å². The summed E-state index contributed by atoms with van der Waals surface area (Å²) in [6.45, 7) is 0. The molecule has 0 spiro atoms. The zero-order chi connectivity index (χ0) is 13.7. The first-order valence-electron chi connectivity index (χ1n) is 6.45. The van der Waals surface area contributed by atoms with E-state index in [1.807, 2.05) is 18.2 Å². The van der Waals surface area contributed by atoms with Crippen LogP contribution in [0, 0.1) is 0 Å². The van der Waals surface area contributed by atoms with Gasteiger partial charge in [0.2, 0.25) is 0 Å². The first-order valence-corrected chi connectivity index (χ1v) is 6.45. The number of carbonyl (C=O) groups is 1. The molecule has 1 N–H and O–H groups in total. The van der Waals surface area contributed by atoms with Crippen LogP contribution in [0.2, 0.25) is 0 Å². The molecule has 0 radical (unpaired) electrons. The van der Waals surface area contributed by atoms with Crippen molar-refractivity contribution in [3.8, 4) is 5.75 Å². The van der Waals surface area contributed by atoms with E-state index >= 15 is 0 Å². The highest BCUT2D eigenvalue weighted by molar-refractivity contribution is 5.85. The van der Waals surface area contributed by atoms with Gasteiger partial charge in [0.15, 0.2) is 0 Å². The second kappa shape index (κ2) is 6.36. The maximum Gasteiger partial charge on any atom is 0.328 e. The Morgan fingerprint density at radius 3 is 2.74 bits per heavy atom. The van der Waals surface area contributed by atoms with Gasteiger partial charge < -0.3 is 9.84 Å². The number of alkyl halides is 1. The van der Waals surface area contributed by atoms with Crippen molar-refractivity contribution >= 4 is 12.0 Å². The van der Waals surface area contributed by atoms with Gasteiger partial charge in [-0.25, -0.2) is 9.18 Å².